The molecule has 1 N–H and O–H groups in total. The van der Waals surface area contributed by atoms with Crippen molar-refractivity contribution in [3.8, 4) is 0 Å². The van der Waals surface area contributed by atoms with E-state index in [9.17, 15) is 4.79 Å². The number of allylic oxidation sites excluding steroid dienone is 2. The highest BCUT2D eigenvalue weighted by Gasteiger charge is 2.28. The van der Waals surface area contributed by atoms with Crippen molar-refractivity contribution in [2.75, 3.05) is 0 Å². The second kappa shape index (κ2) is 4.30. The van der Waals surface area contributed by atoms with Gasteiger partial charge in [-0.3, -0.25) is 4.79 Å². The molecule has 2 atom stereocenters. The number of carboxylic acid groups (broad SMARTS) is 1. The Kier molecular flexibility index (Phi) is 2.86. The minimum absolute atomic E-state index is 0.0393. The normalized spacial score (nSPS) is 25.1. The largest absolute Gasteiger partial charge is 0.481 e. The van der Waals surface area contributed by atoms with Crippen molar-refractivity contribution in [2.45, 2.75) is 18.8 Å². The maximum atomic E-state index is 11.1. The fraction of sp³-hybridized carbons (Fsp3) is 0.308. The zero-order valence-electron chi connectivity index (χ0n) is 8.47. The molecule has 0 fully saturated rings. The Morgan fingerprint density at radius 3 is 2.67 bits per heavy atom. The van der Waals surface area contributed by atoms with E-state index in [1.54, 1.807) is 0 Å². The van der Waals surface area contributed by atoms with Crippen LogP contribution in [0.3, 0.4) is 0 Å². The molecular weight excluding hydrogens is 188 g/mol. The Labute approximate surface area is 89.2 Å². The molecule has 1 aromatic carbocycles. The van der Waals surface area contributed by atoms with Crippen LogP contribution in [0.2, 0.25) is 0 Å². The summed E-state index contributed by atoms with van der Waals surface area (Å²) < 4.78 is 0. The number of carboxylic acids is 1. The maximum absolute atomic E-state index is 11.1. The predicted octanol–water partition coefficient (Wildman–Crippen LogP) is 2.82. The van der Waals surface area contributed by atoms with Crippen LogP contribution in [0.25, 0.3) is 0 Å². The van der Waals surface area contributed by atoms with Gasteiger partial charge in [-0.1, -0.05) is 42.5 Å². The van der Waals surface area contributed by atoms with Crippen LogP contribution in [-0.2, 0) is 4.79 Å². The Balaban J connectivity index is 2.29. The molecule has 0 heterocycles. The quantitative estimate of drug-likeness (QED) is 0.749. The molecule has 2 rings (SSSR count). The van der Waals surface area contributed by atoms with Crippen molar-refractivity contribution < 1.29 is 9.90 Å². The van der Waals surface area contributed by atoms with E-state index in [-0.39, 0.29) is 11.8 Å². The van der Waals surface area contributed by atoms with Crippen molar-refractivity contribution in [1.29, 1.82) is 0 Å². The lowest BCUT2D eigenvalue weighted by Gasteiger charge is -2.24. The summed E-state index contributed by atoms with van der Waals surface area (Å²) in [5.74, 6) is -0.914. The van der Waals surface area contributed by atoms with Gasteiger partial charge in [0.05, 0.1) is 5.92 Å². The van der Waals surface area contributed by atoms with E-state index in [0.29, 0.717) is 0 Å². The Morgan fingerprint density at radius 2 is 2.00 bits per heavy atom. The van der Waals surface area contributed by atoms with Gasteiger partial charge in [-0.2, -0.15) is 0 Å². The topological polar surface area (TPSA) is 37.3 Å². The van der Waals surface area contributed by atoms with Crippen molar-refractivity contribution in [1.82, 2.24) is 0 Å². The molecule has 1 aliphatic carbocycles. The third-order valence-electron chi connectivity index (χ3n) is 2.92. The molecule has 1 aliphatic rings. The van der Waals surface area contributed by atoms with Gasteiger partial charge in [-0.15, -0.1) is 0 Å². The number of carbonyl (C=O) groups is 1. The van der Waals surface area contributed by atoms with Crippen LogP contribution in [0.1, 0.15) is 24.3 Å². The number of benzene rings is 1. The molecule has 0 bridgehead atoms. The lowest BCUT2D eigenvalue weighted by molar-refractivity contribution is -0.142. The lowest BCUT2D eigenvalue weighted by atomic mass is 9.80. The fourth-order valence-electron chi connectivity index (χ4n) is 2.13. The predicted molar refractivity (Wildman–Crippen MR) is 58.7 cm³/mol. The monoisotopic (exact) mass is 202 g/mol. The van der Waals surface area contributed by atoms with Gasteiger partial charge >= 0.3 is 5.97 Å². The minimum atomic E-state index is -0.687. The molecule has 2 nitrogen and oxygen atoms in total. The zero-order valence-corrected chi connectivity index (χ0v) is 8.47. The van der Waals surface area contributed by atoms with E-state index in [4.69, 9.17) is 5.11 Å². The zero-order chi connectivity index (χ0) is 10.7. The van der Waals surface area contributed by atoms with Gasteiger partial charge in [0, 0.05) is 5.92 Å². The van der Waals surface area contributed by atoms with Crippen molar-refractivity contribution >= 4 is 5.97 Å². The molecular formula is C13H14O2. The Morgan fingerprint density at radius 1 is 1.27 bits per heavy atom. The van der Waals surface area contributed by atoms with Gasteiger partial charge in [0.25, 0.3) is 0 Å². The third-order valence-corrected chi connectivity index (χ3v) is 2.92. The van der Waals surface area contributed by atoms with Crippen LogP contribution in [0.15, 0.2) is 42.5 Å². The molecule has 0 aromatic heterocycles. The van der Waals surface area contributed by atoms with E-state index >= 15 is 0 Å². The molecule has 0 aliphatic heterocycles. The lowest BCUT2D eigenvalue weighted by Crippen LogP contribution is -2.22. The first-order valence-corrected chi connectivity index (χ1v) is 5.23. The van der Waals surface area contributed by atoms with Gasteiger partial charge in [0.1, 0.15) is 0 Å². The number of rotatable bonds is 2. The second-order valence-corrected chi connectivity index (χ2v) is 3.89. The maximum Gasteiger partial charge on any atom is 0.307 e. The molecule has 0 unspecified atom stereocenters. The molecule has 0 amide bonds. The minimum Gasteiger partial charge on any atom is -0.481 e. The van der Waals surface area contributed by atoms with Crippen molar-refractivity contribution in [3.05, 3.63) is 48.0 Å². The Bertz CT molecular complexity index is 367. The fourth-order valence-corrected chi connectivity index (χ4v) is 2.13. The van der Waals surface area contributed by atoms with E-state index < -0.39 is 5.97 Å². The smallest absolute Gasteiger partial charge is 0.307 e. The van der Waals surface area contributed by atoms with Gasteiger partial charge in [-0.05, 0) is 18.4 Å². The molecule has 0 saturated heterocycles. The highest BCUT2D eigenvalue weighted by molar-refractivity contribution is 5.72. The van der Waals surface area contributed by atoms with Gasteiger partial charge in [0.15, 0.2) is 0 Å². The average molecular weight is 202 g/mol. The standard InChI is InChI=1S/C13H14O2/c14-13(15)12-9-5-4-8-11(12)10-6-2-1-3-7-10/h1-4,6-8,11-12H,5,9H2,(H,14,15)/t11-,12+/m0/s1. The van der Waals surface area contributed by atoms with Gasteiger partial charge in [0.2, 0.25) is 0 Å². The van der Waals surface area contributed by atoms with E-state index in [1.165, 1.54) is 0 Å². The van der Waals surface area contributed by atoms with Crippen molar-refractivity contribution in [3.63, 3.8) is 0 Å². The molecule has 0 radical (unpaired) electrons. The summed E-state index contributed by atoms with van der Waals surface area (Å²) in [6, 6.07) is 9.85. The highest BCUT2D eigenvalue weighted by Crippen LogP contribution is 2.33. The van der Waals surface area contributed by atoms with Crippen LogP contribution in [0, 0.1) is 5.92 Å². The SMILES string of the molecule is O=C(O)[C@@H]1CCC=C[C@H]1c1ccccc1. The first-order valence-electron chi connectivity index (χ1n) is 5.23. The summed E-state index contributed by atoms with van der Waals surface area (Å²) in [7, 11) is 0. The molecule has 2 heteroatoms. The summed E-state index contributed by atoms with van der Waals surface area (Å²) in [5, 5.41) is 9.14. The Hall–Kier alpha value is -1.57. The van der Waals surface area contributed by atoms with Crippen LogP contribution >= 0.6 is 0 Å². The summed E-state index contributed by atoms with van der Waals surface area (Å²) in [6.07, 6.45) is 5.72. The first-order chi connectivity index (χ1) is 7.29. The van der Waals surface area contributed by atoms with E-state index in [1.807, 2.05) is 36.4 Å². The van der Waals surface area contributed by atoms with Crippen LogP contribution in [0.5, 0.6) is 0 Å². The summed E-state index contributed by atoms with van der Waals surface area (Å²) >= 11 is 0. The number of hydrogen-bond donors (Lipinski definition) is 1. The summed E-state index contributed by atoms with van der Waals surface area (Å²) in [4.78, 5) is 11.1. The van der Waals surface area contributed by atoms with Gasteiger partial charge < -0.3 is 5.11 Å². The average Bonchev–Trinajstić information content (AvgIpc) is 2.30. The summed E-state index contributed by atoms with van der Waals surface area (Å²) in [6.45, 7) is 0. The second-order valence-electron chi connectivity index (χ2n) is 3.89. The van der Waals surface area contributed by atoms with Crippen LogP contribution in [0.4, 0.5) is 0 Å². The van der Waals surface area contributed by atoms with Crippen molar-refractivity contribution in [2.24, 2.45) is 5.92 Å². The van der Waals surface area contributed by atoms with E-state index in [2.05, 4.69) is 6.08 Å². The third kappa shape index (κ3) is 2.09. The summed E-state index contributed by atoms with van der Waals surface area (Å²) in [5.41, 5.74) is 1.10. The molecule has 15 heavy (non-hydrogen) atoms. The molecule has 78 valence electrons. The molecule has 0 spiro atoms. The number of aliphatic carboxylic acids is 1. The molecule has 0 saturated carbocycles. The van der Waals surface area contributed by atoms with Gasteiger partial charge in [-0.25, -0.2) is 0 Å². The highest BCUT2D eigenvalue weighted by atomic mass is 16.4. The van der Waals surface area contributed by atoms with Crippen LogP contribution < -0.4 is 0 Å². The number of hydrogen-bond acceptors (Lipinski definition) is 1. The van der Waals surface area contributed by atoms with E-state index in [0.717, 1.165) is 18.4 Å². The first kappa shape index (κ1) is 9.97. The molecule has 1 aromatic rings. The van der Waals surface area contributed by atoms with Crippen LogP contribution in [-0.4, -0.2) is 11.1 Å².